The van der Waals surface area contributed by atoms with Crippen LogP contribution < -0.4 is 5.32 Å². The van der Waals surface area contributed by atoms with Crippen molar-refractivity contribution in [2.24, 2.45) is 0 Å². The number of aryl methyl sites for hydroxylation is 2. The van der Waals surface area contributed by atoms with Crippen LogP contribution in [-0.2, 0) is 4.74 Å². The van der Waals surface area contributed by atoms with Crippen molar-refractivity contribution in [1.82, 2.24) is 0 Å². The van der Waals surface area contributed by atoms with Crippen LogP contribution in [0.25, 0.3) is 5.57 Å². The molecule has 1 aliphatic rings. The van der Waals surface area contributed by atoms with E-state index in [1.807, 2.05) is 13.8 Å². The Morgan fingerprint density at radius 1 is 1.17 bits per heavy atom. The molecule has 0 saturated carbocycles. The second-order valence-electron chi connectivity index (χ2n) is 5.82. The van der Waals surface area contributed by atoms with Gasteiger partial charge < -0.3 is 10.1 Å². The summed E-state index contributed by atoms with van der Waals surface area (Å²) in [6.45, 7) is 3.96. The Balaban J connectivity index is 1.86. The molecule has 4 heteroatoms. The molecule has 1 aromatic heterocycles. The highest BCUT2D eigenvalue weighted by atomic mass is 32.1. The average molecular weight is 339 g/mol. The van der Waals surface area contributed by atoms with E-state index in [1.165, 1.54) is 18.2 Å². The predicted molar refractivity (Wildman–Crippen MR) is 101 cm³/mol. The summed E-state index contributed by atoms with van der Waals surface area (Å²) in [7, 11) is 1.42. The number of ether oxygens (including phenoxy) is 1. The Hall–Kier alpha value is -2.33. The van der Waals surface area contributed by atoms with Crippen LogP contribution in [0.1, 0.15) is 38.5 Å². The highest BCUT2D eigenvalue weighted by molar-refractivity contribution is 7.12. The molecule has 3 rings (SSSR count). The first-order valence-electron chi connectivity index (χ1n) is 8.01. The molecule has 0 atom stereocenters. The summed E-state index contributed by atoms with van der Waals surface area (Å²) >= 11 is 1.60. The summed E-state index contributed by atoms with van der Waals surface area (Å²) in [6.07, 6.45) is 8.66. The standard InChI is InChI=1S/C20H21NO2S/c1-13-18(20(22)23-3)19(14(2)24-13)21-17-11-9-16(10-12-17)15-7-5-4-6-8-15/h4-5,7,9-12,21H,6,8H2,1-3H3. The van der Waals surface area contributed by atoms with Crippen molar-refractivity contribution in [2.75, 3.05) is 12.4 Å². The third-order valence-corrected chi connectivity index (χ3v) is 5.21. The topological polar surface area (TPSA) is 38.3 Å². The van der Waals surface area contributed by atoms with Gasteiger partial charge in [-0.2, -0.15) is 0 Å². The maximum atomic E-state index is 12.0. The number of thiophene rings is 1. The number of carbonyl (C=O) groups is 1. The third-order valence-electron chi connectivity index (χ3n) is 4.19. The van der Waals surface area contributed by atoms with Gasteiger partial charge in [-0.05, 0) is 50.0 Å². The van der Waals surface area contributed by atoms with Crippen LogP contribution in [0.2, 0.25) is 0 Å². The molecule has 0 radical (unpaired) electrons. The highest BCUT2D eigenvalue weighted by Gasteiger charge is 2.20. The van der Waals surface area contributed by atoms with Gasteiger partial charge in [0.15, 0.2) is 0 Å². The van der Waals surface area contributed by atoms with Crippen LogP contribution in [0.5, 0.6) is 0 Å². The number of hydrogen-bond acceptors (Lipinski definition) is 4. The van der Waals surface area contributed by atoms with Crippen LogP contribution in [0.15, 0.2) is 42.5 Å². The van der Waals surface area contributed by atoms with Gasteiger partial charge in [-0.3, -0.25) is 0 Å². The lowest BCUT2D eigenvalue weighted by Crippen LogP contribution is -2.05. The summed E-state index contributed by atoms with van der Waals surface area (Å²) in [4.78, 5) is 14.1. The summed E-state index contributed by atoms with van der Waals surface area (Å²) in [5, 5.41) is 3.38. The molecule has 0 spiro atoms. The number of benzene rings is 1. The molecule has 0 fully saturated rings. The second-order valence-corrected chi connectivity index (χ2v) is 7.25. The van der Waals surface area contributed by atoms with Crippen molar-refractivity contribution in [2.45, 2.75) is 26.7 Å². The van der Waals surface area contributed by atoms with Gasteiger partial charge in [0, 0.05) is 15.4 Å². The number of methoxy groups -OCH3 is 1. The molecule has 0 unspecified atom stereocenters. The van der Waals surface area contributed by atoms with Crippen molar-refractivity contribution < 1.29 is 9.53 Å². The van der Waals surface area contributed by atoms with Crippen molar-refractivity contribution in [3.05, 3.63) is 63.4 Å². The van der Waals surface area contributed by atoms with E-state index >= 15 is 0 Å². The zero-order valence-corrected chi connectivity index (χ0v) is 15.0. The number of nitrogens with one attached hydrogen (secondary N) is 1. The van der Waals surface area contributed by atoms with Crippen LogP contribution in [0.3, 0.4) is 0 Å². The van der Waals surface area contributed by atoms with Gasteiger partial charge in [-0.1, -0.05) is 30.4 Å². The quantitative estimate of drug-likeness (QED) is 0.734. The lowest BCUT2D eigenvalue weighted by molar-refractivity contribution is 0.0601. The van der Waals surface area contributed by atoms with Gasteiger partial charge >= 0.3 is 5.97 Å². The number of esters is 1. The van der Waals surface area contributed by atoms with Crippen LogP contribution in [-0.4, -0.2) is 13.1 Å². The summed E-state index contributed by atoms with van der Waals surface area (Å²) in [5.74, 6) is -0.296. The van der Waals surface area contributed by atoms with E-state index in [9.17, 15) is 4.79 Å². The molecule has 1 heterocycles. The van der Waals surface area contributed by atoms with Crippen molar-refractivity contribution in [1.29, 1.82) is 0 Å². The molecule has 124 valence electrons. The molecule has 0 amide bonds. The minimum absolute atomic E-state index is 0.296. The fourth-order valence-corrected chi connectivity index (χ4v) is 3.94. The molecule has 1 aliphatic carbocycles. The molecule has 0 saturated heterocycles. The molecule has 3 nitrogen and oxygen atoms in total. The van der Waals surface area contributed by atoms with E-state index in [-0.39, 0.29) is 5.97 Å². The minimum Gasteiger partial charge on any atom is -0.465 e. The Kier molecular flexibility index (Phi) is 4.86. The monoisotopic (exact) mass is 339 g/mol. The van der Waals surface area contributed by atoms with Crippen molar-refractivity contribution in [3.63, 3.8) is 0 Å². The van der Waals surface area contributed by atoms with Gasteiger partial charge in [0.25, 0.3) is 0 Å². The first kappa shape index (κ1) is 16.5. The Bertz CT molecular complexity index is 813. The average Bonchev–Trinajstić information content (AvgIpc) is 2.89. The molecule has 1 N–H and O–H groups in total. The Morgan fingerprint density at radius 2 is 1.92 bits per heavy atom. The van der Waals surface area contributed by atoms with Gasteiger partial charge in [-0.25, -0.2) is 4.79 Å². The van der Waals surface area contributed by atoms with Crippen LogP contribution in [0, 0.1) is 13.8 Å². The maximum absolute atomic E-state index is 12.0. The van der Waals surface area contributed by atoms with E-state index in [0.717, 1.165) is 34.0 Å². The molecule has 1 aromatic carbocycles. The number of rotatable bonds is 4. The number of hydrogen-bond donors (Lipinski definition) is 1. The smallest absolute Gasteiger partial charge is 0.341 e. The van der Waals surface area contributed by atoms with Crippen molar-refractivity contribution >= 4 is 34.3 Å². The summed E-state index contributed by atoms with van der Waals surface area (Å²) in [5.41, 5.74) is 5.05. The number of carbonyl (C=O) groups excluding carboxylic acids is 1. The second kappa shape index (κ2) is 7.05. The van der Waals surface area contributed by atoms with E-state index < -0.39 is 0 Å². The normalized spacial score (nSPS) is 13.5. The first-order valence-corrected chi connectivity index (χ1v) is 8.83. The summed E-state index contributed by atoms with van der Waals surface area (Å²) in [6, 6.07) is 8.36. The fraction of sp³-hybridized carbons (Fsp3) is 0.250. The van der Waals surface area contributed by atoms with E-state index in [4.69, 9.17) is 4.74 Å². The van der Waals surface area contributed by atoms with Crippen LogP contribution in [0.4, 0.5) is 11.4 Å². The molecular formula is C20H21NO2S. The lowest BCUT2D eigenvalue weighted by Gasteiger charge is -2.12. The molecule has 0 aliphatic heterocycles. The molecular weight excluding hydrogens is 318 g/mol. The van der Waals surface area contributed by atoms with E-state index in [1.54, 1.807) is 11.3 Å². The van der Waals surface area contributed by atoms with Crippen LogP contribution >= 0.6 is 11.3 Å². The third kappa shape index (κ3) is 3.29. The predicted octanol–water partition coefficient (Wildman–Crippen LogP) is 5.63. The minimum atomic E-state index is -0.296. The SMILES string of the molecule is COC(=O)c1c(C)sc(C)c1Nc1ccc(C2=CC=CCC2)cc1. The molecule has 24 heavy (non-hydrogen) atoms. The molecule has 0 bridgehead atoms. The van der Waals surface area contributed by atoms with Gasteiger partial charge in [0.05, 0.1) is 18.4 Å². The highest BCUT2D eigenvalue weighted by Crippen LogP contribution is 2.35. The summed E-state index contributed by atoms with van der Waals surface area (Å²) < 4.78 is 4.92. The Labute approximate surface area is 146 Å². The zero-order valence-electron chi connectivity index (χ0n) is 14.2. The fourth-order valence-electron chi connectivity index (χ4n) is 2.94. The van der Waals surface area contributed by atoms with Crippen molar-refractivity contribution in [3.8, 4) is 0 Å². The first-order chi connectivity index (χ1) is 11.6. The van der Waals surface area contributed by atoms with Gasteiger partial charge in [0.2, 0.25) is 0 Å². The van der Waals surface area contributed by atoms with E-state index in [2.05, 4.69) is 47.8 Å². The number of allylic oxidation sites excluding steroid dienone is 4. The zero-order chi connectivity index (χ0) is 17.1. The van der Waals surface area contributed by atoms with Gasteiger partial charge in [-0.15, -0.1) is 11.3 Å². The number of anilines is 2. The molecule has 2 aromatic rings. The van der Waals surface area contributed by atoms with E-state index in [0.29, 0.717) is 5.56 Å². The van der Waals surface area contributed by atoms with Gasteiger partial charge in [0.1, 0.15) is 0 Å². The Morgan fingerprint density at radius 3 is 2.54 bits per heavy atom. The maximum Gasteiger partial charge on any atom is 0.341 e. The largest absolute Gasteiger partial charge is 0.465 e. The lowest BCUT2D eigenvalue weighted by atomic mass is 9.97.